The van der Waals surface area contributed by atoms with E-state index >= 15 is 0 Å². The van der Waals surface area contributed by atoms with Gasteiger partial charge in [0.2, 0.25) is 0 Å². The van der Waals surface area contributed by atoms with E-state index < -0.39 is 14.5 Å². The Labute approximate surface area is 196 Å². The highest BCUT2D eigenvalue weighted by Crippen LogP contribution is 2.38. The van der Waals surface area contributed by atoms with Crippen molar-refractivity contribution in [2.75, 3.05) is 0 Å². The summed E-state index contributed by atoms with van der Waals surface area (Å²) < 4.78 is 7.10. The predicted molar refractivity (Wildman–Crippen MR) is 138 cm³/mol. The fourth-order valence-electron chi connectivity index (χ4n) is 5.43. The van der Waals surface area contributed by atoms with Crippen LogP contribution in [0.4, 0.5) is 0 Å². The van der Waals surface area contributed by atoms with Crippen LogP contribution in [0.5, 0.6) is 0 Å². The first-order valence-electron chi connectivity index (χ1n) is 14.4. The number of hydrogen-bond acceptors (Lipinski definition) is 1. The highest BCUT2D eigenvalue weighted by Gasteiger charge is 2.38. The molecule has 0 N–H and O–H groups in total. The summed E-state index contributed by atoms with van der Waals surface area (Å²) in [4.78, 5) is 0. The zero-order chi connectivity index (χ0) is 21.8. The summed E-state index contributed by atoms with van der Waals surface area (Å²) in [5.41, 5.74) is 0.298. The summed E-state index contributed by atoms with van der Waals surface area (Å²) in [5, 5.41) is 2.92. The number of rotatable bonds is 21. The SMILES string of the molecule is CCCCCCC[CH2][Al]1[CH2]CCC(CCCCCCCC)(CCCCCCCC)[O]1. The van der Waals surface area contributed by atoms with Gasteiger partial charge in [-0.25, -0.2) is 0 Å². The molecule has 0 spiro atoms. The maximum Gasteiger partial charge on any atom is 0.461 e. The van der Waals surface area contributed by atoms with Crippen LogP contribution in [-0.2, 0) is 3.79 Å². The van der Waals surface area contributed by atoms with E-state index in [-0.39, 0.29) is 0 Å². The van der Waals surface area contributed by atoms with Crippen LogP contribution in [-0.4, -0.2) is 20.1 Å². The molecule has 0 aromatic rings. The Morgan fingerprint density at radius 1 is 0.567 bits per heavy atom. The molecule has 0 unspecified atom stereocenters. The molecule has 30 heavy (non-hydrogen) atoms. The monoisotopic (exact) mass is 436 g/mol. The van der Waals surface area contributed by atoms with Crippen LogP contribution >= 0.6 is 0 Å². The second kappa shape index (κ2) is 20.1. The van der Waals surface area contributed by atoms with Crippen molar-refractivity contribution in [3.05, 3.63) is 0 Å². The molecule has 1 aliphatic heterocycles. The van der Waals surface area contributed by atoms with Crippen molar-refractivity contribution in [3.8, 4) is 0 Å². The molecule has 0 atom stereocenters. The van der Waals surface area contributed by atoms with Crippen LogP contribution in [0.3, 0.4) is 0 Å². The molecule has 1 heterocycles. The zero-order valence-electron chi connectivity index (χ0n) is 21.5. The maximum atomic E-state index is 7.10. The maximum absolute atomic E-state index is 7.10. The molecule has 0 saturated carbocycles. The van der Waals surface area contributed by atoms with Gasteiger partial charge in [0.1, 0.15) is 0 Å². The van der Waals surface area contributed by atoms with Crippen molar-refractivity contribution in [1.82, 2.24) is 0 Å². The molecule has 0 aliphatic carbocycles. The van der Waals surface area contributed by atoms with Crippen LogP contribution in [0.25, 0.3) is 0 Å². The summed E-state index contributed by atoms with van der Waals surface area (Å²) in [6.45, 7) is 6.95. The lowest BCUT2D eigenvalue weighted by Crippen LogP contribution is -2.42. The van der Waals surface area contributed by atoms with Crippen LogP contribution in [0.1, 0.15) is 162 Å². The molecule has 0 radical (unpaired) electrons. The first kappa shape index (κ1) is 28.5. The smallest absolute Gasteiger partial charge is 0.461 e. The van der Waals surface area contributed by atoms with Gasteiger partial charge in [-0.1, -0.05) is 153 Å². The van der Waals surface area contributed by atoms with Gasteiger partial charge in [-0.05, 0) is 19.3 Å². The van der Waals surface area contributed by atoms with Crippen molar-refractivity contribution in [3.63, 3.8) is 0 Å². The molecule has 1 rings (SSSR count). The minimum atomic E-state index is -0.950. The Bertz CT molecular complexity index is 341. The Hall–Kier alpha value is 0.492. The number of unbranched alkanes of at least 4 members (excludes halogenated alkanes) is 15. The molecule has 0 aromatic carbocycles. The fraction of sp³-hybridized carbons (Fsp3) is 1.00. The van der Waals surface area contributed by atoms with E-state index in [0.717, 1.165) is 0 Å². The lowest BCUT2D eigenvalue weighted by molar-refractivity contribution is 0.0188. The minimum Gasteiger partial charge on any atom is -0.496 e. The van der Waals surface area contributed by atoms with E-state index in [2.05, 4.69) is 20.8 Å². The van der Waals surface area contributed by atoms with E-state index in [4.69, 9.17) is 3.79 Å². The molecule has 1 nitrogen and oxygen atoms in total. The average molecular weight is 437 g/mol. The molecule has 1 aliphatic rings. The lowest BCUT2D eigenvalue weighted by Gasteiger charge is -2.42. The van der Waals surface area contributed by atoms with Gasteiger partial charge in [0, 0.05) is 5.60 Å². The highest BCUT2D eigenvalue weighted by atomic mass is 27.2. The third kappa shape index (κ3) is 14.5. The second-order valence-corrected chi connectivity index (χ2v) is 13.0. The van der Waals surface area contributed by atoms with Gasteiger partial charge in [0.25, 0.3) is 0 Å². The van der Waals surface area contributed by atoms with E-state index in [0.29, 0.717) is 5.60 Å². The van der Waals surface area contributed by atoms with Crippen molar-refractivity contribution in [2.45, 2.75) is 178 Å². The van der Waals surface area contributed by atoms with Gasteiger partial charge in [-0.2, -0.15) is 0 Å². The Morgan fingerprint density at radius 3 is 1.50 bits per heavy atom. The largest absolute Gasteiger partial charge is 0.496 e. The third-order valence-corrected chi connectivity index (χ3v) is 10.4. The quantitative estimate of drug-likeness (QED) is 0.128. The van der Waals surface area contributed by atoms with E-state index in [9.17, 15) is 0 Å². The summed E-state index contributed by atoms with van der Waals surface area (Å²) in [6, 6.07) is 0. The zero-order valence-corrected chi connectivity index (χ0v) is 22.6. The molecule has 1 fully saturated rings. The summed E-state index contributed by atoms with van der Waals surface area (Å²) >= 11 is -0.950. The Balaban J connectivity index is 2.39. The molecule has 0 amide bonds. The lowest BCUT2D eigenvalue weighted by atomic mass is 9.86. The minimum absolute atomic E-state index is 0.298. The third-order valence-electron chi connectivity index (χ3n) is 7.43. The van der Waals surface area contributed by atoms with Crippen molar-refractivity contribution >= 4 is 14.5 Å². The average Bonchev–Trinajstić information content (AvgIpc) is 2.76. The van der Waals surface area contributed by atoms with Crippen LogP contribution in [0, 0.1) is 0 Å². The van der Waals surface area contributed by atoms with Crippen molar-refractivity contribution < 1.29 is 3.79 Å². The van der Waals surface area contributed by atoms with Gasteiger partial charge in [-0.3, -0.25) is 0 Å². The Kier molecular flexibility index (Phi) is 19.1. The number of hydrogen-bond donors (Lipinski definition) is 0. The topological polar surface area (TPSA) is 9.23 Å². The van der Waals surface area contributed by atoms with Gasteiger partial charge in [0.05, 0.1) is 0 Å². The Morgan fingerprint density at radius 2 is 1.00 bits per heavy atom. The molecule has 2 heteroatoms. The summed E-state index contributed by atoms with van der Waals surface area (Å²) in [6.07, 6.45) is 31.2. The molecular formula is C28H57AlO. The molecular weight excluding hydrogens is 379 g/mol. The van der Waals surface area contributed by atoms with Gasteiger partial charge in [0.15, 0.2) is 0 Å². The molecule has 1 saturated heterocycles. The van der Waals surface area contributed by atoms with Gasteiger partial charge in [-0.15, -0.1) is 0 Å². The first-order valence-corrected chi connectivity index (χ1v) is 16.5. The molecule has 0 aromatic heterocycles. The predicted octanol–water partition coefficient (Wildman–Crippen LogP) is 10.4. The fourth-order valence-corrected chi connectivity index (χ4v) is 8.42. The van der Waals surface area contributed by atoms with Crippen LogP contribution in [0.15, 0.2) is 0 Å². The normalized spacial score (nSPS) is 16.3. The second-order valence-electron chi connectivity index (χ2n) is 10.4. The van der Waals surface area contributed by atoms with Crippen LogP contribution < -0.4 is 0 Å². The van der Waals surface area contributed by atoms with Gasteiger partial charge < -0.3 is 3.79 Å². The van der Waals surface area contributed by atoms with E-state index in [1.807, 2.05) is 0 Å². The van der Waals surface area contributed by atoms with Gasteiger partial charge >= 0.3 is 14.5 Å². The van der Waals surface area contributed by atoms with Crippen molar-refractivity contribution in [2.24, 2.45) is 0 Å². The molecule has 178 valence electrons. The highest BCUT2D eigenvalue weighted by molar-refractivity contribution is 6.52. The summed E-state index contributed by atoms with van der Waals surface area (Å²) in [7, 11) is 0. The molecule has 0 bridgehead atoms. The van der Waals surface area contributed by atoms with Crippen molar-refractivity contribution in [1.29, 1.82) is 0 Å². The van der Waals surface area contributed by atoms with E-state index in [1.165, 1.54) is 152 Å². The standard InChI is InChI=1S/C20H40O.C8H17.Al/c1-4-7-9-11-13-15-18-20(21,17-6-3)19-16-14-12-10-8-5-2;1-3-5-7-8-6-4-2;/h3-19H2,1-2H3;1,3-8H2,2H3;/q-1;;+1. The first-order chi connectivity index (χ1) is 14.8. The van der Waals surface area contributed by atoms with E-state index in [1.54, 1.807) is 0 Å². The summed E-state index contributed by atoms with van der Waals surface area (Å²) in [5.74, 6) is 0. The van der Waals surface area contributed by atoms with Crippen LogP contribution in [0.2, 0.25) is 10.6 Å².